The third-order valence-electron chi connectivity index (χ3n) is 3.96. The highest BCUT2D eigenvalue weighted by Gasteiger charge is 2.21. The van der Waals surface area contributed by atoms with E-state index in [4.69, 9.17) is 27.9 Å². The van der Waals surface area contributed by atoms with Crippen LogP contribution in [0, 0.1) is 0 Å². The summed E-state index contributed by atoms with van der Waals surface area (Å²) in [6.45, 7) is 2.93. The van der Waals surface area contributed by atoms with Crippen molar-refractivity contribution in [3.63, 3.8) is 0 Å². The van der Waals surface area contributed by atoms with Gasteiger partial charge in [-0.2, -0.15) is 0 Å². The molecule has 24 heavy (non-hydrogen) atoms. The van der Waals surface area contributed by atoms with Gasteiger partial charge < -0.3 is 14.5 Å². The van der Waals surface area contributed by atoms with E-state index in [1.54, 1.807) is 24.3 Å². The summed E-state index contributed by atoms with van der Waals surface area (Å²) >= 11 is 11.9. The average Bonchev–Trinajstić information content (AvgIpc) is 2.60. The number of halogens is 2. The largest absolute Gasteiger partial charge is 0.484 e. The maximum absolute atomic E-state index is 12.3. The molecule has 126 valence electrons. The molecule has 1 fully saturated rings. The first kappa shape index (κ1) is 16.9. The Balaban J connectivity index is 1.50. The minimum absolute atomic E-state index is 0.0132. The van der Waals surface area contributed by atoms with Crippen molar-refractivity contribution in [3.8, 4) is 5.75 Å². The lowest BCUT2D eigenvalue weighted by Crippen LogP contribution is -2.50. The minimum Gasteiger partial charge on any atom is -0.484 e. The van der Waals surface area contributed by atoms with Gasteiger partial charge in [0.1, 0.15) is 5.75 Å². The molecule has 0 aromatic heterocycles. The molecule has 3 rings (SSSR count). The smallest absolute Gasteiger partial charge is 0.260 e. The molecular weight excluding hydrogens is 347 g/mol. The Morgan fingerprint density at radius 2 is 1.62 bits per heavy atom. The molecule has 0 spiro atoms. The SMILES string of the molecule is O=C(COc1cccc(Cl)c1)N1CCN(c2cccc(Cl)c2)CC1. The molecule has 1 aliphatic heterocycles. The fourth-order valence-electron chi connectivity index (χ4n) is 2.68. The van der Waals surface area contributed by atoms with Crippen LogP contribution in [0.5, 0.6) is 5.75 Å². The lowest BCUT2D eigenvalue weighted by molar-refractivity contribution is -0.133. The number of amides is 1. The number of carbonyl (C=O) groups excluding carboxylic acids is 1. The maximum atomic E-state index is 12.3. The Labute approximate surface area is 151 Å². The van der Waals surface area contributed by atoms with Gasteiger partial charge in [-0.05, 0) is 36.4 Å². The van der Waals surface area contributed by atoms with E-state index in [1.165, 1.54) is 0 Å². The second-order valence-corrected chi connectivity index (χ2v) is 6.47. The fourth-order valence-corrected chi connectivity index (χ4v) is 3.04. The zero-order valence-corrected chi connectivity index (χ0v) is 14.6. The average molecular weight is 365 g/mol. The van der Waals surface area contributed by atoms with E-state index >= 15 is 0 Å². The number of hydrogen-bond acceptors (Lipinski definition) is 3. The first-order valence-electron chi connectivity index (χ1n) is 7.78. The zero-order valence-electron chi connectivity index (χ0n) is 13.1. The highest BCUT2D eigenvalue weighted by molar-refractivity contribution is 6.31. The highest BCUT2D eigenvalue weighted by Crippen LogP contribution is 2.21. The molecule has 1 aliphatic rings. The monoisotopic (exact) mass is 364 g/mol. The van der Waals surface area contributed by atoms with E-state index in [0.717, 1.165) is 23.8 Å². The lowest BCUT2D eigenvalue weighted by atomic mass is 10.2. The van der Waals surface area contributed by atoms with Crippen LogP contribution >= 0.6 is 23.2 Å². The Kier molecular flexibility index (Phi) is 5.48. The molecule has 2 aromatic rings. The number of piperazine rings is 1. The van der Waals surface area contributed by atoms with Gasteiger partial charge in [-0.25, -0.2) is 0 Å². The minimum atomic E-state index is -0.0132. The molecule has 1 amide bonds. The van der Waals surface area contributed by atoms with Gasteiger partial charge in [0.15, 0.2) is 6.61 Å². The summed E-state index contributed by atoms with van der Waals surface area (Å²) in [6, 6.07) is 14.8. The van der Waals surface area contributed by atoms with Gasteiger partial charge in [0.25, 0.3) is 5.91 Å². The quantitative estimate of drug-likeness (QED) is 0.828. The van der Waals surface area contributed by atoms with Crippen LogP contribution in [0.25, 0.3) is 0 Å². The molecule has 4 nitrogen and oxygen atoms in total. The van der Waals surface area contributed by atoms with Crippen LogP contribution in [0.1, 0.15) is 0 Å². The molecule has 2 aromatic carbocycles. The summed E-state index contributed by atoms with van der Waals surface area (Å²) in [5, 5.41) is 1.32. The Morgan fingerprint density at radius 3 is 2.29 bits per heavy atom. The lowest BCUT2D eigenvalue weighted by Gasteiger charge is -2.36. The van der Waals surface area contributed by atoms with Gasteiger partial charge in [0.2, 0.25) is 0 Å². The summed E-state index contributed by atoms with van der Waals surface area (Å²) in [5.41, 5.74) is 1.09. The van der Waals surface area contributed by atoms with Gasteiger partial charge in [-0.3, -0.25) is 4.79 Å². The second-order valence-electron chi connectivity index (χ2n) is 5.59. The molecule has 0 radical (unpaired) electrons. The molecule has 0 N–H and O–H groups in total. The Hall–Kier alpha value is -1.91. The number of ether oxygens (including phenoxy) is 1. The standard InChI is InChI=1S/C18H18Cl2N2O2/c19-14-3-1-5-16(11-14)21-7-9-22(10-8-21)18(23)13-24-17-6-2-4-15(20)12-17/h1-6,11-12H,7-10,13H2. The van der Waals surface area contributed by atoms with Crippen LogP contribution in [0.4, 0.5) is 5.69 Å². The topological polar surface area (TPSA) is 32.8 Å². The van der Waals surface area contributed by atoms with Crippen LogP contribution in [-0.2, 0) is 4.79 Å². The molecule has 1 heterocycles. The van der Waals surface area contributed by atoms with Crippen molar-refractivity contribution < 1.29 is 9.53 Å². The summed E-state index contributed by atoms with van der Waals surface area (Å²) in [4.78, 5) is 16.3. The summed E-state index contributed by atoms with van der Waals surface area (Å²) in [7, 11) is 0. The molecule has 1 saturated heterocycles. The Bertz CT molecular complexity index is 716. The number of carbonyl (C=O) groups is 1. The number of anilines is 1. The Morgan fingerprint density at radius 1 is 0.958 bits per heavy atom. The summed E-state index contributed by atoms with van der Waals surface area (Å²) in [6.07, 6.45) is 0. The van der Waals surface area contributed by atoms with E-state index in [0.29, 0.717) is 23.9 Å². The number of nitrogens with zero attached hydrogens (tertiary/aromatic N) is 2. The van der Waals surface area contributed by atoms with Gasteiger partial charge in [0, 0.05) is 41.9 Å². The van der Waals surface area contributed by atoms with E-state index in [1.807, 2.05) is 29.2 Å². The highest BCUT2D eigenvalue weighted by atomic mass is 35.5. The molecule has 0 unspecified atom stereocenters. The van der Waals surface area contributed by atoms with Crippen molar-refractivity contribution in [3.05, 3.63) is 58.6 Å². The third-order valence-corrected chi connectivity index (χ3v) is 4.43. The fraction of sp³-hybridized carbons (Fsp3) is 0.278. The van der Waals surface area contributed by atoms with Crippen molar-refractivity contribution in [2.45, 2.75) is 0 Å². The number of rotatable bonds is 4. The van der Waals surface area contributed by atoms with Crippen molar-refractivity contribution in [2.75, 3.05) is 37.7 Å². The molecule has 0 bridgehead atoms. The molecule has 6 heteroatoms. The first-order chi connectivity index (χ1) is 11.6. The predicted octanol–water partition coefficient (Wildman–Crippen LogP) is 3.72. The van der Waals surface area contributed by atoms with Crippen molar-refractivity contribution in [2.24, 2.45) is 0 Å². The van der Waals surface area contributed by atoms with Gasteiger partial charge >= 0.3 is 0 Å². The van der Waals surface area contributed by atoms with Crippen molar-refractivity contribution in [1.82, 2.24) is 4.90 Å². The maximum Gasteiger partial charge on any atom is 0.260 e. The van der Waals surface area contributed by atoms with Gasteiger partial charge in [-0.1, -0.05) is 35.3 Å². The van der Waals surface area contributed by atoms with Crippen LogP contribution in [0.15, 0.2) is 48.5 Å². The van der Waals surface area contributed by atoms with E-state index < -0.39 is 0 Å². The molecular formula is C18H18Cl2N2O2. The number of benzene rings is 2. The number of hydrogen-bond donors (Lipinski definition) is 0. The van der Waals surface area contributed by atoms with Crippen molar-refractivity contribution in [1.29, 1.82) is 0 Å². The van der Waals surface area contributed by atoms with Crippen LogP contribution in [0.3, 0.4) is 0 Å². The predicted molar refractivity (Wildman–Crippen MR) is 97.2 cm³/mol. The molecule has 0 atom stereocenters. The van der Waals surface area contributed by atoms with Crippen LogP contribution in [0.2, 0.25) is 10.0 Å². The van der Waals surface area contributed by atoms with E-state index in [2.05, 4.69) is 4.90 Å². The summed E-state index contributed by atoms with van der Waals surface area (Å²) in [5.74, 6) is 0.592. The van der Waals surface area contributed by atoms with E-state index in [-0.39, 0.29) is 12.5 Å². The first-order valence-corrected chi connectivity index (χ1v) is 8.54. The van der Waals surface area contributed by atoms with Crippen LogP contribution in [-0.4, -0.2) is 43.6 Å². The molecule has 0 aliphatic carbocycles. The van der Waals surface area contributed by atoms with Crippen molar-refractivity contribution >= 4 is 34.8 Å². The third kappa shape index (κ3) is 4.34. The van der Waals surface area contributed by atoms with Gasteiger partial charge in [-0.15, -0.1) is 0 Å². The normalized spacial score (nSPS) is 14.6. The molecule has 0 saturated carbocycles. The van der Waals surface area contributed by atoms with Crippen LogP contribution < -0.4 is 9.64 Å². The van der Waals surface area contributed by atoms with E-state index in [9.17, 15) is 4.79 Å². The van der Waals surface area contributed by atoms with Gasteiger partial charge in [0.05, 0.1) is 0 Å². The second kappa shape index (κ2) is 7.77. The zero-order chi connectivity index (χ0) is 16.9. The summed E-state index contributed by atoms with van der Waals surface area (Å²) < 4.78 is 5.52.